The molecule has 4 heterocycles. The molecule has 0 amide bonds. The Morgan fingerprint density at radius 3 is 0.947 bits per heavy atom. The molecule has 0 aliphatic carbocycles. The van der Waals surface area contributed by atoms with E-state index < -0.39 is 36.9 Å². The fourth-order valence-corrected chi connectivity index (χ4v) is 16.9. The van der Waals surface area contributed by atoms with Gasteiger partial charge in [-0.3, -0.25) is 0 Å². The molecular formula is C84H72B2F6N2. The predicted molar refractivity (Wildman–Crippen MR) is 385 cm³/mol. The van der Waals surface area contributed by atoms with Crippen molar-refractivity contribution in [2.45, 2.75) is 131 Å². The lowest BCUT2D eigenvalue weighted by atomic mass is 9.31. The van der Waals surface area contributed by atoms with Crippen molar-refractivity contribution in [3.63, 3.8) is 0 Å². The molecule has 10 heteroatoms. The lowest BCUT2D eigenvalue weighted by molar-refractivity contribution is -0.138. The number of alkyl halides is 6. The van der Waals surface area contributed by atoms with Crippen molar-refractivity contribution in [3.05, 3.63) is 226 Å². The summed E-state index contributed by atoms with van der Waals surface area (Å²) in [5.74, 6) is 0.514. The smallest absolute Gasteiger partial charge is 0.311 e. The summed E-state index contributed by atoms with van der Waals surface area (Å²) >= 11 is 0. The van der Waals surface area contributed by atoms with Crippen molar-refractivity contribution in [2.24, 2.45) is 0 Å². The number of benzene rings is 12. The van der Waals surface area contributed by atoms with Gasteiger partial charge in [-0.1, -0.05) is 203 Å². The SMILES string of the molecule is CC(C)c1cc(C(C)C)c(-c2cc3c4c(cc5c(-c6c(C(C)C)cc(C(C)C)cc6C(C)C)cc6c7c(cc2c4c57)B2c4ccccc4N(c4ccccc4)c4cc(C(F)(F)F)cc-6c42)B2c4ccccc4N(c4ccccc4)c4cc(C(F)(F)F)cc-3c42)c(C(C)C)c1. The van der Waals surface area contributed by atoms with Crippen LogP contribution in [0.3, 0.4) is 0 Å². The van der Waals surface area contributed by atoms with Crippen LogP contribution in [0.2, 0.25) is 0 Å². The number of halogens is 6. The Balaban J connectivity index is 1.20. The first kappa shape index (κ1) is 60.0. The van der Waals surface area contributed by atoms with E-state index in [-0.39, 0.29) is 35.5 Å². The lowest BCUT2D eigenvalue weighted by Gasteiger charge is -2.43. The fourth-order valence-electron chi connectivity index (χ4n) is 16.9. The van der Waals surface area contributed by atoms with Crippen LogP contribution < -0.4 is 42.6 Å². The molecule has 0 radical (unpaired) electrons. The fraction of sp³-hybridized carbons (Fsp3) is 0.238. The van der Waals surface area contributed by atoms with Gasteiger partial charge in [-0.05, 0) is 240 Å². The van der Waals surface area contributed by atoms with Crippen LogP contribution in [0.4, 0.5) is 60.5 Å². The van der Waals surface area contributed by atoms with Crippen LogP contribution >= 0.6 is 0 Å². The Morgan fingerprint density at radius 1 is 0.298 bits per heavy atom. The maximum atomic E-state index is 16.3. The molecule has 0 saturated heterocycles. The number of para-hydroxylation sites is 4. The summed E-state index contributed by atoms with van der Waals surface area (Å²) in [6.45, 7) is 25.8. The zero-order valence-corrected chi connectivity index (χ0v) is 55.1. The van der Waals surface area contributed by atoms with Gasteiger partial charge in [0.2, 0.25) is 13.4 Å². The van der Waals surface area contributed by atoms with E-state index in [9.17, 15) is 0 Å². The van der Waals surface area contributed by atoms with Crippen molar-refractivity contribution in [1.82, 2.24) is 0 Å². The highest BCUT2D eigenvalue weighted by Crippen LogP contribution is 2.56. The van der Waals surface area contributed by atoms with Gasteiger partial charge in [-0.25, -0.2) is 0 Å². The van der Waals surface area contributed by atoms with Gasteiger partial charge in [0.25, 0.3) is 0 Å². The molecule has 0 aromatic heterocycles. The summed E-state index contributed by atoms with van der Waals surface area (Å²) in [6.07, 6.45) is -9.46. The van der Waals surface area contributed by atoms with Crippen molar-refractivity contribution in [3.8, 4) is 44.5 Å². The molecule has 0 bridgehead atoms. The van der Waals surface area contributed by atoms with E-state index in [1.807, 2.05) is 107 Å². The average Bonchev–Trinajstić information content (AvgIpc) is 0.664. The zero-order chi connectivity index (χ0) is 65.6. The van der Waals surface area contributed by atoms with Crippen molar-refractivity contribution < 1.29 is 26.3 Å². The molecule has 4 aliphatic rings. The topological polar surface area (TPSA) is 6.48 Å². The van der Waals surface area contributed by atoms with Crippen LogP contribution in [0.25, 0.3) is 76.8 Å². The first-order valence-electron chi connectivity index (χ1n) is 33.5. The summed E-state index contributed by atoms with van der Waals surface area (Å²) < 4.78 is 97.8. The standard InChI is InChI=1S/C84H72B2F6N2/c1-43(2)49-31-55(45(5)6)75(56(32-49)46(7)8)59-39-61-65-35-51(83(87,88)89)37-73-81(65)86(68-28-20-22-30-72(68)93(73)53-23-15-13-16-24-53)70-42-64-60(76-57(47(9)10)33-50(44(3)4)34-58(76)48(11)12)40-62-66-36-52(84(90,91)92)38-74-82(66)85(69-41-63(59)79(77(61)70)80(64)78(62)69)67-27-19-21-29-71(67)94(74)54-25-17-14-18-26-54/h13-48H,1-12H3. The van der Waals surface area contributed by atoms with E-state index in [0.717, 1.165) is 132 Å². The third-order valence-corrected chi connectivity index (χ3v) is 21.2. The second-order valence-electron chi connectivity index (χ2n) is 28.8. The number of fused-ring (bicyclic) bond motifs is 8. The molecule has 0 spiro atoms. The minimum atomic E-state index is -4.73. The second-order valence-corrected chi connectivity index (χ2v) is 28.8. The van der Waals surface area contributed by atoms with Crippen LogP contribution in [0, 0.1) is 0 Å². The summed E-state index contributed by atoms with van der Waals surface area (Å²) in [6, 6.07) is 60.2. The minimum absolute atomic E-state index is 0.0269. The molecule has 0 atom stereocenters. The van der Waals surface area contributed by atoms with Crippen molar-refractivity contribution >= 4 is 113 Å². The van der Waals surface area contributed by atoms with Gasteiger partial charge in [0.05, 0.1) is 11.1 Å². The van der Waals surface area contributed by atoms with Gasteiger partial charge in [0.15, 0.2) is 0 Å². The molecule has 2 nitrogen and oxygen atoms in total. The van der Waals surface area contributed by atoms with Gasteiger partial charge in [0, 0.05) is 34.1 Å². The maximum absolute atomic E-state index is 16.3. The van der Waals surface area contributed by atoms with Crippen LogP contribution in [0.1, 0.15) is 163 Å². The molecule has 12 aromatic carbocycles. The molecular weight excluding hydrogens is 1170 g/mol. The van der Waals surface area contributed by atoms with Crippen molar-refractivity contribution in [1.29, 1.82) is 0 Å². The maximum Gasteiger partial charge on any atom is 0.416 e. The Labute approximate surface area is 547 Å². The Bertz CT molecular complexity index is 4770. The van der Waals surface area contributed by atoms with Gasteiger partial charge < -0.3 is 9.80 Å². The minimum Gasteiger partial charge on any atom is -0.311 e. The summed E-state index contributed by atoms with van der Waals surface area (Å²) in [5.41, 5.74) is 21.5. The van der Waals surface area contributed by atoms with E-state index in [2.05, 4.69) is 144 Å². The van der Waals surface area contributed by atoms with E-state index >= 15 is 26.3 Å². The Hall–Kier alpha value is -9.01. The molecule has 466 valence electrons. The van der Waals surface area contributed by atoms with Gasteiger partial charge >= 0.3 is 12.4 Å². The van der Waals surface area contributed by atoms with Crippen LogP contribution in [0.15, 0.2) is 182 Å². The first-order chi connectivity index (χ1) is 44.9. The number of rotatable bonds is 10. The van der Waals surface area contributed by atoms with Gasteiger partial charge in [0.1, 0.15) is 0 Å². The zero-order valence-electron chi connectivity index (χ0n) is 55.1. The number of anilines is 6. The molecule has 94 heavy (non-hydrogen) atoms. The highest BCUT2D eigenvalue weighted by Gasteiger charge is 2.48. The predicted octanol–water partition coefficient (Wildman–Crippen LogP) is 21.3. The summed E-state index contributed by atoms with van der Waals surface area (Å²) in [4.78, 5) is 4.05. The van der Waals surface area contributed by atoms with E-state index in [1.165, 1.54) is 35.4 Å². The van der Waals surface area contributed by atoms with Crippen LogP contribution in [-0.4, -0.2) is 13.4 Å². The Morgan fingerprint density at radius 2 is 0.628 bits per heavy atom. The molecule has 12 aromatic rings. The first-order valence-corrected chi connectivity index (χ1v) is 33.5. The quantitative estimate of drug-likeness (QED) is 0.0765. The molecule has 4 aliphatic heterocycles. The molecule has 0 N–H and O–H groups in total. The molecule has 0 unspecified atom stereocenters. The lowest BCUT2D eigenvalue weighted by Crippen LogP contribution is -2.60. The number of hydrogen-bond donors (Lipinski definition) is 0. The molecule has 0 saturated carbocycles. The van der Waals surface area contributed by atoms with Gasteiger partial charge in [-0.2, -0.15) is 26.3 Å². The number of hydrogen-bond acceptors (Lipinski definition) is 2. The van der Waals surface area contributed by atoms with Gasteiger partial charge in [-0.15, -0.1) is 0 Å². The number of nitrogens with zero attached hydrogens (tertiary/aromatic N) is 2. The highest BCUT2D eigenvalue weighted by atomic mass is 19.4. The summed E-state index contributed by atoms with van der Waals surface area (Å²) in [7, 11) is 0. The van der Waals surface area contributed by atoms with Crippen LogP contribution in [0.5, 0.6) is 0 Å². The third-order valence-electron chi connectivity index (χ3n) is 21.2. The average molecular weight is 1250 g/mol. The van der Waals surface area contributed by atoms with E-state index in [1.54, 1.807) is 0 Å². The van der Waals surface area contributed by atoms with Crippen LogP contribution in [-0.2, 0) is 12.4 Å². The van der Waals surface area contributed by atoms with Crippen molar-refractivity contribution in [2.75, 3.05) is 9.80 Å². The molecule has 16 rings (SSSR count). The highest BCUT2D eigenvalue weighted by molar-refractivity contribution is 7.02. The Kier molecular flexibility index (Phi) is 13.6. The van der Waals surface area contributed by atoms with E-state index in [4.69, 9.17) is 0 Å². The third kappa shape index (κ3) is 8.72. The van der Waals surface area contributed by atoms with E-state index in [0.29, 0.717) is 33.6 Å². The largest absolute Gasteiger partial charge is 0.416 e. The summed E-state index contributed by atoms with van der Waals surface area (Å²) in [5, 5.41) is 5.47. The molecule has 0 fully saturated rings. The normalized spacial score (nSPS) is 13.9. The monoisotopic (exact) mass is 1240 g/mol. The second kappa shape index (κ2) is 21.3.